The van der Waals surface area contributed by atoms with Crippen LogP contribution in [0.1, 0.15) is 35.4 Å². The monoisotopic (exact) mass is 347 g/mol. The Labute approximate surface area is 150 Å². The van der Waals surface area contributed by atoms with Gasteiger partial charge in [-0.3, -0.25) is 4.90 Å². The molecule has 0 amide bonds. The van der Waals surface area contributed by atoms with Gasteiger partial charge < -0.3 is 0 Å². The fourth-order valence-corrected chi connectivity index (χ4v) is 4.39. The summed E-state index contributed by atoms with van der Waals surface area (Å²) in [6, 6.07) is 17.4. The number of aryl methyl sites for hydroxylation is 1. The lowest BCUT2D eigenvalue weighted by atomic mass is 9.71. The molecule has 4 rings (SSSR count). The Morgan fingerprint density at radius 2 is 1.78 bits per heavy atom. The van der Waals surface area contributed by atoms with E-state index in [1.807, 2.05) is 12.1 Å². The van der Waals surface area contributed by atoms with E-state index in [4.69, 9.17) is 11.6 Å². The lowest BCUT2D eigenvalue weighted by Crippen LogP contribution is -2.40. The molecule has 0 unspecified atom stereocenters. The van der Waals surface area contributed by atoms with Crippen LogP contribution in [0.5, 0.6) is 0 Å². The standard InChI is InChI=1S/C20H22ClN.ClH/c21-18-9-5-15(6-10-18)13-22-12-11-20-17(14-22)8-7-16-3-1-2-4-19(16)20;/h1-6,9-10,17,20H,7-8,11-14H2;1H/t17-,20+;/m0./s1. The molecule has 0 spiro atoms. The van der Waals surface area contributed by atoms with Crippen LogP contribution < -0.4 is 0 Å². The van der Waals surface area contributed by atoms with Crippen LogP contribution >= 0.6 is 24.0 Å². The van der Waals surface area contributed by atoms with Crippen molar-refractivity contribution in [2.24, 2.45) is 5.92 Å². The van der Waals surface area contributed by atoms with Crippen LogP contribution in [0.25, 0.3) is 0 Å². The van der Waals surface area contributed by atoms with Crippen LogP contribution in [0.2, 0.25) is 5.02 Å². The summed E-state index contributed by atoms with van der Waals surface area (Å²) in [5, 5.41) is 0.825. The Bertz CT molecular complexity index is 653. The number of hydrogen-bond donors (Lipinski definition) is 0. The van der Waals surface area contributed by atoms with Crippen molar-refractivity contribution in [3.8, 4) is 0 Å². The second-order valence-corrected chi connectivity index (χ2v) is 7.19. The lowest BCUT2D eigenvalue weighted by Gasteiger charge is -2.42. The summed E-state index contributed by atoms with van der Waals surface area (Å²) in [6.07, 6.45) is 3.90. The third kappa shape index (κ3) is 3.57. The second kappa shape index (κ2) is 7.25. The zero-order chi connectivity index (χ0) is 14.9. The molecule has 122 valence electrons. The summed E-state index contributed by atoms with van der Waals surface area (Å²) in [7, 11) is 0. The average Bonchev–Trinajstić information content (AvgIpc) is 2.57. The summed E-state index contributed by atoms with van der Waals surface area (Å²) >= 11 is 5.98. The van der Waals surface area contributed by atoms with E-state index >= 15 is 0 Å². The summed E-state index contributed by atoms with van der Waals surface area (Å²) in [6.45, 7) is 3.50. The molecule has 0 N–H and O–H groups in total. The SMILES string of the molecule is Cl.Clc1ccc(CN2CC[C@H]3c4ccccc4CC[C@H]3C2)cc1. The van der Waals surface area contributed by atoms with Crippen LogP contribution in [0.3, 0.4) is 0 Å². The topological polar surface area (TPSA) is 3.24 Å². The third-order valence-corrected chi connectivity index (χ3v) is 5.63. The van der Waals surface area contributed by atoms with Gasteiger partial charge in [0.2, 0.25) is 0 Å². The zero-order valence-corrected chi connectivity index (χ0v) is 14.8. The predicted molar refractivity (Wildman–Crippen MR) is 99.6 cm³/mol. The Kier molecular flexibility index (Phi) is 5.31. The van der Waals surface area contributed by atoms with Crippen LogP contribution in [0.4, 0.5) is 0 Å². The first-order chi connectivity index (χ1) is 10.8. The van der Waals surface area contributed by atoms with Gasteiger partial charge in [-0.15, -0.1) is 12.4 Å². The van der Waals surface area contributed by atoms with E-state index in [-0.39, 0.29) is 12.4 Å². The van der Waals surface area contributed by atoms with Crippen molar-refractivity contribution in [1.82, 2.24) is 4.90 Å². The molecule has 1 aliphatic heterocycles. The Morgan fingerprint density at radius 3 is 2.61 bits per heavy atom. The summed E-state index contributed by atoms with van der Waals surface area (Å²) in [4.78, 5) is 2.62. The van der Waals surface area contributed by atoms with Crippen molar-refractivity contribution in [2.45, 2.75) is 31.7 Å². The zero-order valence-electron chi connectivity index (χ0n) is 13.2. The highest BCUT2D eigenvalue weighted by atomic mass is 35.5. The largest absolute Gasteiger partial charge is 0.299 e. The maximum atomic E-state index is 5.98. The maximum Gasteiger partial charge on any atom is 0.0406 e. The number of rotatable bonds is 2. The fraction of sp³-hybridized carbons (Fsp3) is 0.400. The van der Waals surface area contributed by atoms with Gasteiger partial charge in [-0.25, -0.2) is 0 Å². The number of likely N-dealkylation sites (tertiary alicyclic amines) is 1. The molecule has 2 aromatic carbocycles. The number of piperidine rings is 1. The van der Waals surface area contributed by atoms with Gasteiger partial charge >= 0.3 is 0 Å². The van der Waals surface area contributed by atoms with Crippen LogP contribution in [-0.4, -0.2) is 18.0 Å². The van der Waals surface area contributed by atoms with Gasteiger partial charge in [0.05, 0.1) is 0 Å². The number of nitrogens with zero attached hydrogens (tertiary/aromatic N) is 1. The quantitative estimate of drug-likeness (QED) is 0.711. The molecule has 1 heterocycles. The van der Waals surface area contributed by atoms with E-state index in [0.717, 1.165) is 23.4 Å². The van der Waals surface area contributed by atoms with Gasteiger partial charge in [0, 0.05) is 18.1 Å². The van der Waals surface area contributed by atoms with Gasteiger partial charge in [-0.2, -0.15) is 0 Å². The van der Waals surface area contributed by atoms with E-state index in [2.05, 4.69) is 41.3 Å². The second-order valence-electron chi connectivity index (χ2n) is 6.75. The van der Waals surface area contributed by atoms with E-state index < -0.39 is 0 Å². The molecule has 3 heteroatoms. The molecule has 1 saturated heterocycles. The molecule has 2 atom stereocenters. The number of hydrogen-bond acceptors (Lipinski definition) is 1. The molecule has 1 fully saturated rings. The highest BCUT2D eigenvalue weighted by Gasteiger charge is 2.33. The van der Waals surface area contributed by atoms with Crippen LogP contribution in [0.15, 0.2) is 48.5 Å². The molecule has 1 aliphatic carbocycles. The van der Waals surface area contributed by atoms with E-state index in [9.17, 15) is 0 Å². The first-order valence-electron chi connectivity index (χ1n) is 8.34. The molecule has 23 heavy (non-hydrogen) atoms. The van der Waals surface area contributed by atoms with Crippen molar-refractivity contribution < 1.29 is 0 Å². The normalized spacial score (nSPS) is 23.5. The molecule has 0 radical (unpaired) electrons. The number of fused-ring (bicyclic) bond motifs is 3. The highest BCUT2D eigenvalue weighted by Crippen LogP contribution is 2.41. The fourth-order valence-electron chi connectivity index (χ4n) is 4.27. The molecule has 0 saturated carbocycles. The van der Waals surface area contributed by atoms with Crippen molar-refractivity contribution in [1.29, 1.82) is 0 Å². The van der Waals surface area contributed by atoms with Crippen LogP contribution in [0, 0.1) is 5.92 Å². The Hall–Kier alpha value is -1.02. The minimum atomic E-state index is 0. The third-order valence-electron chi connectivity index (χ3n) is 5.38. The van der Waals surface area contributed by atoms with Gasteiger partial charge in [0.15, 0.2) is 0 Å². The maximum absolute atomic E-state index is 5.98. The van der Waals surface area contributed by atoms with Crippen molar-refractivity contribution in [2.75, 3.05) is 13.1 Å². The van der Waals surface area contributed by atoms with Gasteiger partial charge in [0.1, 0.15) is 0 Å². The first kappa shape index (κ1) is 16.8. The lowest BCUT2D eigenvalue weighted by molar-refractivity contribution is 0.135. The minimum Gasteiger partial charge on any atom is -0.299 e. The van der Waals surface area contributed by atoms with Crippen molar-refractivity contribution >= 4 is 24.0 Å². The Morgan fingerprint density at radius 1 is 1.00 bits per heavy atom. The highest BCUT2D eigenvalue weighted by molar-refractivity contribution is 6.30. The summed E-state index contributed by atoms with van der Waals surface area (Å²) in [5.41, 5.74) is 4.60. The van der Waals surface area contributed by atoms with Crippen molar-refractivity contribution in [3.63, 3.8) is 0 Å². The molecule has 0 aromatic heterocycles. The molecule has 0 bridgehead atoms. The van der Waals surface area contributed by atoms with E-state index in [0.29, 0.717) is 0 Å². The van der Waals surface area contributed by atoms with Gasteiger partial charge in [-0.05, 0) is 66.5 Å². The molecule has 1 nitrogen and oxygen atoms in total. The average molecular weight is 348 g/mol. The number of benzene rings is 2. The summed E-state index contributed by atoms with van der Waals surface area (Å²) < 4.78 is 0. The van der Waals surface area contributed by atoms with E-state index in [1.165, 1.54) is 37.9 Å². The minimum absolute atomic E-state index is 0. The Balaban J connectivity index is 0.00000156. The molecule has 2 aliphatic rings. The van der Waals surface area contributed by atoms with Gasteiger partial charge in [0.25, 0.3) is 0 Å². The smallest absolute Gasteiger partial charge is 0.0406 e. The number of halogens is 2. The summed E-state index contributed by atoms with van der Waals surface area (Å²) in [5.74, 6) is 1.61. The van der Waals surface area contributed by atoms with Gasteiger partial charge in [-0.1, -0.05) is 48.0 Å². The predicted octanol–water partition coefficient (Wildman–Crippen LogP) is 5.31. The molecule has 2 aromatic rings. The molecular weight excluding hydrogens is 325 g/mol. The first-order valence-corrected chi connectivity index (χ1v) is 8.72. The van der Waals surface area contributed by atoms with Crippen LogP contribution in [-0.2, 0) is 13.0 Å². The molecular formula is C20H23Cl2N. The van der Waals surface area contributed by atoms with Crippen molar-refractivity contribution in [3.05, 3.63) is 70.2 Å². The van der Waals surface area contributed by atoms with E-state index in [1.54, 1.807) is 11.1 Å².